The van der Waals surface area contributed by atoms with Crippen molar-refractivity contribution in [1.29, 1.82) is 0 Å². The molecule has 0 saturated heterocycles. The molecule has 0 unspecified atom stereocenters. The second kappa shape index (κ2) is 7.90. The molecule has 5 rings (SSSR count). The molecule has 8 nitrogen and oxygen atoms in total. The van der Waals surface area contributed by atoms with Crippen LogP contribution in [0, 0.1) is 20.8 Å². The van der Waals surface area contributed by atoms with E-state index in [0.29, 0.717) is 21.9 Å². The topological polar surface area (TPSA) is 85.7 Å². The minimum Gasteiger partial charge on any atom is -0.323 e. The molecule has 1 amide bonds. The number of amides is 1. The number of rotatable bonds is 4. The predicted molar refractivity (Wildman–Crippen MR) is 128 cm³/mol. The van der Waals surface area contributed by atoms with Gasteiger partial charge in [-0.2, -0.15) is 5.10 Å². The fourth-order valence-electron chi connectivity index (χ4n) is 3.83. The van der Waals surface area contributed by atoms with E-state index in [2.05, 4.69) is 33.7 Å². The summed E-state index contributed by atoms with van der Waals surface area (Å²) in [7, 11) is 0. The molecule has 2 aromatic carbocycles. The van der Waals surface area contributed by atoms with E-state index in [1.807, 2.05) is 32.9 Å². The molecule has 0 atom stereocenters. The van der Waals surface area contributed by atoms with Gasteiger partial charge in [-0.05, 0) is 56.2 Å². The molecule has 9 heteroatoms. The molecule has 0 aliphatic carbocycles. The molecule has 3 aromatic heterocycles. The van der Waals surface area contributed by atoms with Crippen LogP contribution in [-0.2, 0) is 11.3 Å². The highest BCUT2D eigenvalue weighted by molar-refractivity contribution is 6.33. The summed E-state index contributed by atoms with van der Waals surface area (Å²) in [5, 5.41) is 12.3. The van der Waals surface area contributed by atoms with Gasteiger partial charge in [0, 0.05) is 18.0 Å². The minimum atomic E-state index is -0.410. The molecule has 0 spiro atoms. The molecule has 0 radical (unpaired) electrons. The van der Waals surface area contributed by atoms with Crippen molar-refractivity contribution in [3.8, 4) is 11.3 Å². The lowest BCUT2D eigenvalue weighted by Gasteiger charge is -2.07. The van der Waals surface area contributed by atoms with Gasteiger partial charge in [-0.25, -0.2) is 18.4 Å². The average molecular weight is 461 g/mol. The smallest absolute Gasteiger partial charge is 0.323 e. The molecule has 5 aromatic rings. The Bertz CT molecular complexity index is 1610. The van der Waals surface area contributed by atoms with Gasteiger partial charge < -0.3 is 5.32 Å². The number of aryl methyl sites for hydroxylation is 3. The zero-order chi connectivity index (χ0) is 23.3. The van der Waals surface area contributed by atoms with Crippen molar-refractivity contribution in [3.05, 3.63) is 87.1 Å². The van der Waals surface area contributed by atoms with E-state index in [-0.39, 0.29) is 6.54 Å². The van der Waals surface area contributed by atoms with Gasteiger partial charge in [-0.1, -0.05) is 35.4 Å². The molecule has 0 aliphatic rings. The average Bonchev–Trinajstić information content (AvgIpc) is 3.33. The minimum absolute atomic E-state index is 0.241. The first kappa shape index (κ1) is 21.0. The highest BCUT2D eigenvalue weighted by Crippen LogP contribution is 2.26. The Hall–Kier alpha value is -3.91. The summed E-state index contributed by atoms with van der Waals surface area (Å²) < 4.78 is 4.24. The van der Waals surface area contributed by atoms with Crippen LogP contribution in [0.15, 0.2) is 59.7 Å². The zero-order valence-electron chi connectivity index (χ0n) is 18.3. The van der Waals surface area contributed by atoms with Crippen LogP contribution >= 0.6 is 11.6 Å². The Morgan fingerprint density at radius 2 is 1.76 bits per heavy atom. The molecule has 166 valence electrons. The SMILES string of the molecule is Cc1ccc(NC(=O)Cn2nc3c4cc(-c5cc(C)ccc5C)nn4ccn3c2=O)c(Cl)c1. The molecule has 0 saturated carbocycles. The van der Waals surface area contributed by atoms with Crippen LogP contribution < -0.4 is 11.0 Å². The molecule has 33 heavy (non-hydrogen) atoms. The highest BCUT2D eigenvalue weighted by Gasteiger charge is 2.16. The molecular weight excluding hydrogens is 440 g/mol. The third-order valence-corrected chi connectivity index (χ3v) is 5.87. The number of hydrogen-bond acceptors (Lipinski definition) is 4. The highest BCUT2D eigenvalue weighted by atomic mass is 35.5. The number of hydrogen-bond donors (Lipinski definition) is 1. The van der Waals surface area contributed by atoms with Gasteiger partial charge in [0.1, 0.15) is 12.1 Å². The fourth-order valence-corrected chi connectivity index (χ4v) is 4.11. The van der Waals surface area contributed by atoms with Gasteiger partial charge >= 0.3 is 5.69 Å². The number of halogens is 1. The normalized spacial score (nSPS) is 11.4. The lowest BCUT2D eigenvalue weighted by atomic mass is 10.0. The Labute approximate surface area is 194 Å². The number of carbonyl (C=O) groups excluding carboxylic acids is 1. The molecular formula is C24H21ClN6O2. The summed E-state index contributed by atoms with van der Waals surface area (Å²) in [6.45, 7) is 5.74. The van der Waals surface area contributed by atoms with Crippen LogP contribution in [0.1, 0.15) is 16.7 Å². The molecule has 3 heterocycles. The van der Waals surface area contributed by atoms with Crippen molar-refractivity contribution in [3.63, 3.8) is 0 Å². The van der Waals surface area contributed by atoms with E-state index < -0.39 is 11.6 Å². The first-order chi connectivity index (χ1) is 15.8. The van der Waals surface area contributed by atoms with Crippen molar-refractivity contribution in [1.82, 2.24) is 23.8 Å². The lowest BCUT2D eigenvalue weighted by molar-refractivity contribution is -0.117. The second-order valence-corrected chi connectivity index (χ2v) is 8.55. The zero-order valence-corrected chi connectivity index (χ0v) is 19.1. The Morgan fingerprint density at radius 3 is 2.55 bits per heavy atom. The number of aromatic nitrogens is 5. The second-order valence-electron chi connectivity index (χ2n) is 8.14. The summed E-state index contributed by atoms with van der Waals surface area (Å²) in [6, 6.07) is 13.4. The van der Waals surface area contributed by atoms with E-state index in [9.17, 15) is 9.59 Å². The Morgan fingerprint density at radius 1 is 1.00 bits per heavy atom. The largest absolute Gasteiger partial charge is 0.350 e. The van der Waals surface area contributed by atoms with Crippen LogP contribution in [0.5, 0.6) is 0 Å². The third kappa shape index (κ3) is 3.78. The number of nitrogens with zero attached hydrogens (tertiary/aromatic N) is 5. The van der Waals surface area contributed by atoms with Crippen LogP contribution in [0.2, 0.25) is 5.02 Å². The van der Waals surface area contributed by atoms with Crippen molar-refractivity contribution >= 4 is 34.4 Å². The standard InChI is InChI=1S/C24H21ClN6O2/c1-14-4-6-16(3)17(10-14)20-12-21-23-28-31(24(33)29(23)8-9-30(21)27-20)13-22(32)26-19-7-5-15(2)11-18(19)25/h4-12H,13H2,1-3H3,(H,26,32). The number of nitrogens with one attached hydrogen (secondary N) is 1. The van der Waals surface area contributed by atoms with Gasteiger partial charge in [0.05, 0.1) is 16.4 Å². The monoisotopic (exact) mass is 460 g/mol. The maximum absolute atomic E-state index is 12.9. The predicted octanol–water partition coefficient (Wildman–Crippen LogP) is 4.03. The summed E-state index contributed by atoms with van der Waals surface area (Å²) in [4.78, 5) is 25.4. The molecule has 1 N–H and O–H groups in total. The molecule has 0 fully saturated rings. The van der Waals surface area contributed by atoms with E-state index in [1.54, 1.807) is 29.0 Å². The summed E-state index contributed by atoms with van der Waals surface area (Å²) >= 11 is 6.20. The summed E-state index contributed by atoms with van der Waals surface area (Å²) in [5.41, 5.74) is 6.21. The van der Waals surface area contributed by atoms with Gasteiger partial charge in [0.2, 0.25) is 5.91 Å². The van der Waals surface area contributed by atoms with E-state index >= 15 is 0 Å². The van der Waals surface area contributed by atoms with Crippen LogP contribution in [-0.4, -0.2) is 29.7 Å². The van der Waals surface area contributed by atoms with Gasteiger partial charge in [0.25, 0.3) is 0 Å². The third-order valence-electron chi connectivity index (χ3n) is 5.55. The Kier molecular flexibility index (Phi) is 5.02. The molecule has 0 bridgehead atoms. The number of anilines is 1. The van der Waals surface area contributed by atoms with E-state index in [4.69, 9.17) is 11.6 Å². The van der Waals surface area contributed by atoms with Crippen molar-refractivity contribution in [2.24, 2.45) is 0 Å². The van der Waals surface area contributed by atoms with Crippen molar-refractivity contribution < 1.29 is 4.79 Å². The first-order valence-electron chi connectivity index (χ1n) is 10.4. The van der Waals surface area contributed by atoms with Gasteiger partial charge in [0.15, 0.2) is 5.65 Å². The fraction of sp³-hybridized carbons (Fsp3) is 0.167. The molecule has 0 aliphatic heterocycles. The van der Waals surface area contributed by atoms with Gasteiger partial charge in [-0.15, -0.1) is 5.10 Å². The van der Waals surface area contributed by atoms with E-state index in [0.717, 1.165) is 32.6 Å². The van der Waals surface area contributed by atoms with Crippen LogP contribution in [0.4, 0.5) is 5.69 Å². The van der Waals surface area contributed by atoms with Crippen molar-refractivity contribution in [2.75, 3.05) is 5.32 Å². The van der Waals surface area contributed by atoms with Crippen molar-refractivity contribution in [2.45, 2.75) is 27.3 Å². The van der Waals surface area contributed by atoms with Crippen LogP contribution in [0.3, 0.4) is 0 Å². The number of carbonyl (C=O) groups is 1. The summed E-state index contributed by atoms with van der Waals surface area (Å²) in [6.07, 6.45) is 3.30. The van der Waals surface area contributed by atoms with Gasteiger partial charge in [-0.3, -0.25) is 4.79 Å². The van der Waals surface area contributed by atoms with Crippen LogP contribution in [0.25, 0.3) is 22.4 Å². The maximum Gasteiger partial charge on any atom is 0.350 e. The first-order valence-corrected chi connectivity index (χ1v) is 10.8. The lowest BCUT2D eigenvalue weighted by Crippen LogP contribution is -2.28. The Balaban J connectivity index is 1.51. The number of benzene rings is 2. The maximum atomic E-state index is 12.9. The quantitative estimate of drug-likeness (QED) is 0.438. The summed E-state index contributed by atoms with van der Waals surface area (Å²) in [5.74, 6) is -0.396. The number of fused-ring (bicyclic) bond motifs is 3. The van der Waals surface area contributed by atoms with E-state index in [1.165, 1.54) is 4.40 Å².